The van der Waals surface area contributed by atoms with E-state index in [-0.39, 0.29) is 5.56 Å². The van der Waals surface area contributed by atoms with Crippen molar-refractivity contribution in [3.63, 3.8) is 0 Å². The first kappa shape index (κ1) is 11.6. The van der Waals surface area contributed by atoms with Gasteiger partial charge in [-0.05, 0) is 6.92 Å². The highest BCUT2D eigenvalue weighted by Crippen LogP contribution is 2.08. The summed E-state index contributed by atoms with van der Waals surface area (Å²) >= 11 is 3.18. The van der Waals surface area contributed by atoms with E-state index in [9.17, 15) is 4.79 Å². The molecule has 1 aromatic heterocycles. The van der Waals surface area contributed by atoms with Crippen molar-refractivity contribution in [2.24, 2.45) is 0 Å². The molecule has 0 fully saturated rings. The zero-order valence-corrected chi connectivity index (χ0v) is 9.71. The lowest BCUT2D eigenvalue weighted by molar-refractivity contribution is 0.0695. The van der Waals surface area contributed by atoms with E-state index in [2.05, 4.69) is 37.8 Å². The standard InChI is InChI=1S/C9H10BrN3O2/c1-5(10)3-11-9-12-4-7(8(14)15)6(2)13-9/h4H,1,3H2,2H3,(H,14,15)(H,11,12,13). The average Bonchev–Trinajstić information content (AvgIpc) is 2.14. The largest absolute Gasteiger partial charge is 0.478 e. The highest BCUT2D eigenvalue weighted by atomic mass is 79.9. The van der Waals surface area contributed by atoms with Gasteiger partial charge in [0.1, 0.15) is 0 Å². The molecule has 0 aliphatic heterocycles. The molecule has 15 heavy (non-hydrogen) atoms. The highest BCUT2D eigenvalue weighted by Gasteiger charge is 2.09. The van der Waals surface area contributed by atoms with Crippen LogP contribution in [0.1, 0.15) is 16.1 Å². The lowest BCUT2D eigenvalue weighted by Gasteiger charge is -2.05. The molecule has 1 heterocycles. The number of carboxylic acid groups (broad SMARTS) is 1. The van der Waals surface area contributed by atoms with E-state index < -0.39 is 5.97 Å². The maximum absolute atomic E-state index is 10.7. The van der Waals surface area contributed by atoms with Crippen molar-refractivity contribution in [1.82, 2.24) is 9.97 Å². The van der Waals surface area contributed by atoms with E-state index in [1.54, 1.807) is 6.92 Å². The Morgan fingerprint density at radius 1 is 1.73 bits per heavy atom. The lowest BCUT2D eigenvalue weighted by Crippen LogP contribution is -2.09. The molecule has 5 nitrogen and oxygen atoms in total. The first-order valence-electron chi connectivity index (χ1n) is 4.15. The number of aryl methyl sites for hydroxylation is 1. The van der Waals surface area contributed by atoms with Crippen LogP contribution in [0.2, 0.25) is 0 Å². The molecule has 0 amide bonds. The molecule has 0 saturated heterocycles. The summed E-state index contributed by atoms with van der Waals surface area (Å²) in [6, 6.07) is 0. The molecule has 6 heteroatoms. The molecule has 0 atom stereocenters. The van der Waals surface area contributed by atoms with Gasteiger partial charge in [-0.2, -0.15) is 0 Å². The number of anilines is 1. The van der Waals surface area contributed by atoms with Gasteiger partial charge in [0.2, 0.25) is 5.95 Å². The van der Waals surface area contributed by atoms with Crippen molar-refractivity contribution in [2.75, 3.05) is 11.9 Å². The van der Waals surface area contributed by atoms with E-state index >= 15 is 0 Å². The minimum Gasteiger partial charge on any atom is -0.478 e. The van der Waals surface area contributed by atoms with E-state index in [1.165, 1.54) is 6.20 Å². The van der Waals surface area contributed by atoms with Crippen LogP contribution in [0.4, 0.5) is 5.95 Å². The van der Waals surface area contributed by atoms with Crippen LogP contribution in [0.25, 0.3) is 0 Å². The van der Waals surface area contributed by atoms with E-state index in [4.69, 9.17) is 5.11 Å². The molecular weight excluding hydrogens is 262 g/mol. The maximum atomic E-state index is 10.7. The molecule has 0 spiro atoms. The van der Waals surface area contributed by atoms with Crippen LogP contribution in [0.3, 0.4) is 0 Å². The number of rotatable bonds is 4. The minimum absolute atomic E-state index is 0.109. The molecule has 0 aliphatic rings. The zero-order valence-electron chi connectivity index (χ0n) is 8.12. The van der Waals surface area contributed by atoms with Gasteiger partial charge < -0.3 is 10.4 Å². The van der Waals surface area contributed by atoms with Crippen LogP contribution in [-0.4, -0.2) is 27.6 Å². The summed E-state index contributed by atoms with van der Waals surface area (Å²) in [6.45, 7) is 5.76. The van der Waals surface area contributed by atoms with Crippen molar-refractivity contribution in [3.05, 3.63) is 28.5 Å². The molecule has 0 saturated carbocycles. The van der Waals surface area contributed by atoms with Gasteiger partial charge in [0.15, 0.2) is 0 Å². The number of hydrogen-bond donors (Lipinski definition) is 2. The van der Waals surface area contributed by atoms with Crippen molar-refractivity contribution in [2.45, 2.75) is 6.92 Å². The third kappa shape index (κ3) is 3.32. The topological polar surface area (TPSA) is 75.1 Å². The number of nitrogens with zero attached hydrogens (tertiary/aromatic N) is 2. The van der Waals surface area contributed by atoms with Crippen molar-refractivity contribution in [1.29, 1.82) is 0 Å². The predicted molar refractivity (Wildman–Crippen MR) is 60.3 cm³/mol. The van der Waals surface area contributed by atoms with Gasteiger partial charge in [0.25, 0.3) is 0 Å². The molecule has 2 N–H and O–H groups in total. The van der Waals surface area contributed by atoms with Crippen LogP contribution < -0.4 is 5.32 Å². The Hall–Kier alpha value is -1.43. The van der Waals surface area contributed by atoms with E-state index in [0.29, 0.717) is 18.2 Å². The fourth-order valence-electron chi connectivity index (χ4n) is 0.937. The van der Waals surface area contributed by atoms with Crippen LogP contribution in [0.15, 0.2) is 17.3 Å². The first-order valence-corrected chi connectivity index (χ1v) is 4.94. The van der Waals surface area contributed by atoms with E-state index in [1.807, 2.05) is 0 Å². The normalized spacial score (nSPS) is 9.73. The predicted octanol–water partition coefficient (Wildman–Crippen LogP) is 1.80. The van der Waals surface area contributed by atoms with Gasteiger partial charge in [0, 0.05) is 17.2 Å². The molecule has 1 aromatic rings. The molecular formula is C9H10BrN3O2. The Morgan fingerprint density at radius 2 is 2.40 bits per heavy atom. The number of aromatic carboxylic acids is 1. The maximum Gasteiger partial charge on any atom is 0.339 e. The second kappa shape index (κ2) is 4.88. The molecule has 0 aromatic carbocycles. The zero-order chi connectivity index (χ0) is 11.4. The van der Waals surface area contributed by atoms with Gasteiger partial charge >= 0.3 is 5.97 Å². The molecule has 0 unspecified atom stereocenters. The Kier molecular flexibility index (Phi) is 3.79. The Balaban J connectivity index is 2.82. The summed E-state index contributed by atoms with van der Waals surface area (Å²) in [5.74, 6) is -0.637. The number of halogens is 1. The summed E-state index contributed by atoms with van der Waals surface area (Å²) in [5, 5.41) is 11.6. The number of carbonyl (C=O) groups is 1. The summed E-state index contributed by atoms with van der Waals surface area (Å²) in [4.78, 5) is 18.5. The SMILES string of the molecule is C=C(Br)CNc1ncc(C(=O)O)c(C)n1. The Labute approximate surface area is 95.4 Å². The quantitative estimate of drug-likeness (QED) is 0.874. The van der Waals surface area contributed by atoms with Crippen LogP contribution in [0.5, 0.6) is 0 Å². The molecule has 0 aliphatic carbocycles. The van der Waals surface area contributed by atoms with Crippen molar-refractivity contribution < 1.29 is 9.90 Å². The number of hydrogen-bond acceptors (Lipinski definition) is 4. The number of carboxylic acids is 1. The molecule has 1 rings (SSSR count). The number of aromatic nitrogens is 2. The van der Waals surface area contributed by atoms with Gasteiger partial charge in [-0.25, -0.2) is 14.8 Å². The third-order valence-electron chi connectivity index (χ3n) is 1.65. The molecule has 0 bridgehead atoms. The second-order valence-corrected chi connectivity index (χ2v) is 3.99. The van der Waals surface area contributed by atoms with Gasteiger partial charge in [-0.3, -0.25) is 0 Å². The van der Waals surface area contributed by atoms with Crippen LogP contribution >= 0.6 is 15.9 Å². The fraction of sp³-hybridized carbons (Fsp3) is 0.222. The smallest absolute Gasteiger partial charge is 0.339 e. The summed E-state index contributed by atoms with van der Waals surface area (Å²) in [5.41, 5.74) is 0.540. The summed E-state index contributed by atoms with van der Waals surface area (Å²) < 4.78 is 0.770. The highest BCUT2D eigenvalue weighted by molar-refractivity contribution is 9.11. The first-order chi connectivity index (χ1) is 7.00. The van der Waals surface area contributed by atoms with Gasteiger partial charge in [0.05, 0.1) is 11.3 Å². The van der Waals surface area contributed by atoms with Crippen LogP contribution in [-0.2, 0) is 0 Å². The molecule has 80 valence electrons. The van der Waals surface area contributed by atoms with Crippen molar-refractivity contribution in [3.8, 4) is 0 Å². The summed E-state index contributed by atoms with van der Waals surface area (Å²) in [6.07, 6.45) is 1.28. The fourth-order valence-corrected chi connectivity index (χ4v) is 1.08. The molecule has 0 radical (unpaired) electrons. The monoisotopic (exact) mass is 271 g/mol. The Bertz CT molecular complexity index is 406. The van der Waals surface area contributed by atoms with Crippen molar-refractivity contribution >= 4 is 27.8 Å². The summed E-state index contributed by atoms with van der Waals surface area (Å²) in [7, 11) is 0. The average molecular weight is 272 g/mol. The number of nitrogens with one attached hydrogen (secondary N) is 1. The Morgan fingerprint density at radius 3 is 2.87 bits per heavy atom. The van der Waals surface area contributed by atoms with E-state index in [0.717, 1.165) is 4.48 Å². The third-order valence-corrected chi connectivity index (χ3v) is 1.93. The minimum atomic E-state index is -1.02. The lowest BCUT2D eigenvalue weighted by atomic mass is 10.2. The van der Waals surface area contributed by atoms with Gasteiger partial charge in [-0.1, -0.05) is 22.5 Å². The van der Waals surface area contributed by atoms with Crippen LogP contribution in [0, 0.1) is 6.92 Å². The van der Waals surface area contributed by atoms with Gasteiger partial charge in [-0.15, -0.1) is 0 Å². The second-order valence-electron chi connectivity index (χ2n) is 2.87.